The molecule has 1 saturated heterocycles. The van der Waals surface area contributed by atoms with E-state index in [1.165, 1.54) is 29.5 Å². The molecule has 1 amide bonds. The molecule has 1 aliphatic rings. The van der Waals surface area contributed by atoms with Gasteiger partial charge in [0.15, 0.2) is 5.16 Å². The van der Waals surface area contributed by atoms with Gasteiger partial charge in [0.1, 0.15) is 4.70 Å². The molecule has 0 aliphatic carbocycles. The Morgan fingerprint density at radius 1 is 1.34 bits per heavy atom. The average Bonchev–Trinajstić information content (AvgIpc) is 3.33. The predicted molar refractivity (Wildman–Crippen MR) is 118 cm³/mol. The quantitative estimate of drug-likeness (QED) is 0.555. The third kappa shape index (κ3) is 3.94. The molecule has 156 valence electrons. The third-order valence-electron chi connectivity index (χ3n) is 5.56. The highest BCUT2D eigenvalue weighted by molar-refractivity contribution is 7.99. The van der Waals surface area contributed by atoms with Gasteiger partial charge in [0.2, 0.25) is 11.7 Å². The van der Waals surface area contributed by atoms with Crippen LogP contribution in [0.2, 0.25) is 0 Å². The topological polar surface area (TPSA) is 72.5 Å². The molecule has 1 unspecified atom stereocenters. The van der Waals surface area contributed by atoms with Crippen molar-refractivity contribution in [2.75, 3.05) is 12.3 Å². The van der Waals surface area contributed by atoms with E-state index in [2.05, 4.69) is 31.0 Å². The number of carbonyl (C=O) groups is 1. The summed E-state index contributed by atoms with van der Waals surface area (Å²) in [7, 11) is 0. The lowest BCUT2D eigenvalue weighted by Gasteiger charge is -2.33. The number of amides is 1. The molecule has 0 N–H and O–H groups in total. The standard InChI is InChI=1S/C20H27N5O2S2/c1-13(2)7-10-24-18(27)17-15(8-11-28-17)25-19(24)21-22-20(25)29-12-16(26)23-9-5-4-6-14(23)3/h8,11,13-14H,4-7,9-10,12H2,1-3H3. The molecule has 0 bridgehead atoms. The van der Waals surface area contributed by atoms with Crippen LogP contribution in [0.25, 0.3) is 16.0 Å². The van der Waals surface area contributed by atoms with E-state index in [1.54, 1.807) is 4.57 Å². The first-order valence-corrected chi connectivity index (χ1v) is 12.1. The molecule has 4 rings (SSSR count). The lowest BCUT2D eigenvalue weighted by molar-refractivity contribution is -0.131. The number of thiophene rings is 1. The summed E-state index contributed by atoms with van der Waals surface area (Å²) in [6, 6.07) is 2.24. The van der Waals surface area contributed by atoms with Crippen molar-refractivity contribution < 1.29 is 4.79 Å². The van der Waals surface area contributed by atoms with Gasteiger partial charge in [-0.1, -0.05) is 25.6 Å². The predicted octanol–water partition coefficient (Wildman–Crippen LogP) is 3.64. The number of hydrogen-bond acceptors (Lipinski definition) is 6. The SMILES string of the molecule is CC(C)CCn1c(=O)c2sccc2n2c(SCC(=O)N3CCCCC3C)nnc12. The molecule has 1 aliphatic heterocycles. The zero-order valence-electron chi connectivity index (χ0n) is 17.1. The van der Waals surface area contributed by atoms with Crippen molar-refractivity contribution in [1.29, 1.82) is 0 Å². The van der Waals surface area contributed by atoms with Gasteiger partial charge in [-0.05, 0) is 50.0 Å². The second-order valence-electron chi connectivity index (χ2n) is 8.11. The highest BCUT2D eigenvalue weighted by Crippen LogP contribution is 2.26. The first-order chi connectivity index (χ1) is 14.0. The first kappa shape index (κ1) is 20.4. The fraction of sp³-hybridized carbons (Fsp3) is 0.600. The van der Waals surface area contributed by atoms with Crippen LogP contribution in [0.4, 0.5) is 0 Å². The average molecular weight is 434 g/mol. The molecule has 3 aromatic rings. The Labute approximate surface area is 178 Å². The van der Waals surface area contributed by atoms with Gasteiger partial charge in [0, 0.05) is 19.1 Å². The van der Waals surface area contributed by atoms with Crippen LogP contribution >= 0.6 is 23.1 Å². The number of hydrogen-bond donors (Lipinski definition) is 0. The number of rotatable bonds is 6. The number of aryl methyl sites for hydroxylation is 1. The minimum atomic E-state index is -0.00896. The van der Waals surface area contributed by atoms with Gasteiger partial charge in [-0.3, -0.25) is 18.6 Å². The summed E-state index contributed by atoms with van der Waals surface area (Å²) in [6.07, 6.45) is 4.23. The molecule has 3 aromatic heterocycles. The van der Waals surface area contributed by atoms with E-state index >= 15 is 0 Å². The second-order valence-corrected chi connectivity index (χ2v) is 9.97. The van der Waals surface area contributed by atoms with Crippen LogP contribution in [0.3, 0.4) is 0 Å². The van der Waals surface area contributed by atoms with Crippen LogP contribution in [0.5, 0.6) is 0 Å². The Morgan fingerprint density at radius 2 is 2.17 bits per heavy atom. The summed E-state index contributed by atoms with van der Waals surface area (Å²) >= 11 is 2.85. The summed E-state index contributed by atoms with van der Waals surface area (Å²) in [5.74, 6) is 1.53. The highest BCUT2D eigenvalue weighted by Gasteiger charge is 2.24. The maximum atomic E-state index is 13.0. The number of thioether (sulfide) groups is 1. The summed E-state index contributed by atoms with van der Waals surface area (Å²) in [5.41, 5.74) is 0.812. The number of aromatic nitrogens is 4. The molecular weight excluding hydrogens is 406 g/mol. The van der Waals surface area contributed by atoms with Gasteiger partial charge in [0.25, 0.3) is 5.56 Å². The van der Waals surface area contributed by atoms with E-state index in [-0.39, 0.29) is 11.5 Å². The number of fused-ring (bicyclic) bond motifs is 3. The van der Waals surface area contributed by atoms with E-state index in [4.69, 9.17) is 0 Å². The fourth-order valence-electron chi connectivity index (χ4n) is 3.86. The number of nitrogens with zero attached hydrogens (tertiary/aromatic N) is 5. The van der Waals surface area contributed by atoms with Crippen molar-refractivity contribution in [3.63, 3.8) is 0 Å². The third-order valence-corrected chi connectivity index (χ3v) is 7.37. The van der Waals surface area contributed by atoms with Crippen LogP contribution in [0.15, 0.2) is 21.4 Å². The van der Waals surface area contributed by atoms with Crippen molar-refractivity contribution in [3.8, 4) is 0 Å². The second kappa shape index (κ2) is 8.47. The molecule has 9 heteroatoms. The van der Waals surface area contributed by atoms with Crippen LogP contribution in [0.1, 0.15) is 46.5 Å². The van der Waals surface area contributed by atoms with Crippen LogP contribution < -0.4 is 5.56 Å². The lowest BCUT2D eigenvalue weighted by atomic mass is 10.0. The molecule has 7 nitrogen and oxygen atoms in total. The monoisotopic (exact) mass is 433 g/mol. The Balaban J connectivity index is 1.65. The summed E-state index contributed by atoms with van der Waals surface area (Å²) in [6.45, 7) is 7.86. The van der Waals surface area contributed by atoms with Gasteiger partial charge < -0.3 is 4.90 Å². The van der Waals surface area contributed by atoms with Gasteiger partial charge in [-0.15, -0.1) is 21.5 Å². The van der Waals surface area contributed by atoms with Crippen molar-refractivity contribution in [2.45, 2.75) is 64.2 Å². The van der Waals surface area contributed by atoms with Gasteiger partial charge >= 0.3 is 0 Å². The Morgan fingerprint density at radius 3 is 2.93 bits per heavy atom. The van der Waals surface area contributed by atoms with Gasteiger partial charge in [0.05, 0.1) is 11.3 Å². The van der Waals surface area contributed by atoms with Crippen molar-refractivity contribution >= 4 is 45.0 Å². The Bertz CT molecular complexity index is 1080. The molecule has 29 heavy (non-hydrogen) atoms. The Hall–Kier alpha value is -1.87. The van der Waals surface area contributed by atoms with Gasteiger partial charge in [-0.25, -0.2) is 0 Å². The molecule has 0 aromatic carbocycles. The summed E-state index contributed by atoms with van der Waals surface area (Å²) in [4.78, 5) is 27.7. The van der Waals surface area contributed by atoms with Crippen LogP contribution in [0, 0.1) is 5.92 Å². The van der Waals surface area contributed by atoms with Crippen LogP contribution in [-0.4, -0.2) is 48.3 Å². The minimum absolute atomic E-state index is 0.00896. The van der Waals surface area contributed by atoms with E-state index in [0.29, 0.717) is 39.9 Å². The largest absolute Gasteiger partial charge is 0.339 e. The molecule has 1 fully saturated rings. The number of carbonyl (C=O) groups excluding carboxylic acids is 1. The fourth-order valence-corrected chi connectivity index (χ4v) is 5.51. The van der Waals surface area contributed by atoms with Gasteiger partial charge in [-0.2, -0.15) is 0 Å². The zero-order chi connectivity index (χ0) is 20.5. The summed E-state index contributed by atoms with van der Waals surface area (Å²) < 4.78 is 4.37. The normalized spacial score (nSPS) is 17.7. The van der Waals surface area contributed by atoms with E-state index in [0.717, 1.165) is 31.3 Å². The van der Waals surface area contributed by atoms with Crippen molar-refractivity contribution in [1.82, 2.24) is 24.1 Å². The zero-order valence-corrected chi connectivity index (χ0v) is 18.8. The minimum Gasteiger partial charge on any atom is -0.339 e. The lowest BCUT2D eigenvalue weighted by Crippen LogP contribution is -2.42. The molecule has 0 spiro atoms. The van der Waals surface area contributed by atoms with E-state index in [9.17, 15) is 9.59 Å². The summed E-state index contributed by atoms with van der Waals surface area (Å²) in [5, 5.41) is 11.3. The molecule has 0 saturated carbocycles. The maximum Gasteiger partial charge on any atom is 0.272 e. The highest BCUT2D eigenvalue weighted by atomic mass is 32.2. The van der Waals surface area contributed by atoms with Crippen molar-refractivity contribution in [2.24, 2.45) is 5.92 Å². The maximum absolute atomic E-state index is 13.0. The van der Waals surface area contributed by atoms with E-state index < -0.39 is 0 Å². The molecule has 4 heterocycles. The first-order valence-electron chi connectivity index (χ1n) is 10.2. The van der Waals surface area contributed by atoms with Crippen molar-refractivity contribution in [3.05, 3.63) is 21.8 Å². The Kier molecular flexibility index (Phi) is 5.96. The smallest absolute Gasteiger partial charge is 0.272 e. The molecule has 0 radical (unpaired) electrons. The number of piperidine rings is 1. The molecular formula is C20H27N5O2S2. The van der Waals surface area contributed by atoms with E-state index in [1.807, 2.05) is 20.7 Å². The van der Waals surface area contributed by atoms with Crippen LogP contribution in [-0.2, 0) is 11.3 Å². The number of likely N-dealkylation sites (tertiary alicyclic amines) is 1. The molecule has 1 atom stereocenters.